The van der Waals surface area contributed by atoms with Crippen LogP contribution in [-0.2, 0) is 4.74 Å². The number of nitrogens with one attached hydrogen (secondary N) is 1. The maximum Gasteiger partial charge on any atom is 0.335 e. The number of nitrogens with zero attached hydrogens (tertiary/aromatic N) is 1. The predicted molar refractivity (Wildman–Crippen MR) is 78.8 cm³/mol. The van der Waals surface area contributed by atoms with Crippen LogP contribution in [0, 0.1) is 0 Å². The van der Waals surface area contributed by atoms with Gasteiger partial charge in [0.15, 0.2) is 0 Å². The molecule has 2 heterocycles. The molecule has 0 spiro atoms. The third-order valence-electron chi connectivity index (χ3n) is 3.83. The summed E-state index contributed by atoms with van der Waals surface area (Å²) in [4.78, 5) is 15.7. The van der Waals surface area contributed by atoms with E-state index in [4.69, 9.17) is 4.74 Å². The van der Waals surface area contributed by atoms with Gasteiger partial charge in [0.2, 0.25) is 0 Å². The van der Waals surface area contributed by atoms with Crippen molar-refractivity contribution in [3.63, 3.8) is 0 Å². The molecule has 1 aromatic heterocycles. The fourth-order valence-corrected chi connectivity index (χ4v) is 2.39. The number of pyridine rings is 1. The second-order valence-corrected chi connectivity index (χ2v) is 5.80. The zero-order valence-electron chi connectivity index (χ0n) is 12.4. The van der Waals surface area contributed by atoms with Gasteiger partial charge in [-0.05, 0) is 30.9 Å². The Morgan fingerprint density at radius 1 is 1.43 bits per heavy atom. The van der Waals surface area contributed by atoms with Crippen molar-refractivity contribution in [2.75, 3.05) is 25.1 Å². The number of rotatable bonds is 5. The standard InChI is InChI=1S/C15H22N2O4/c1-10(2)12-7-11(14(19)20)8-13(16-12)17-15(9-18)3-5-21-6-4-15/h7-8,10,18H,3-6,9H2,1-2H3,(H,16,17)(H,19,20). The maximum atomic E-state index is 11.2. The van der Waals surface area contributed by atoms with Gasteiger partial charge in [-0.1, -0.05) is 13.8 Å². The van der Waals surface area contributed by atoms with Gasteiger partial charge in [0.05, 0.1) is 17.7 Å². The molecule has 116 valence electrons. The van der Waals surface area contributed by atoms with Gasteiger partial charge in [-0.15, -0.1) is 0 Å². The maximum absolute atomic E-state index is 11.2. The molecule has 0 saturated carbocycles. The number of aromatic carboxylic acids is 1. The van der Waals surface area contributed by atoms with E-state index in [-0.39, 0.29) is 18.1 Å². The van der Waals surface area contributed by atoms with Gasteiger partial charge in [0, 0.05) is 18.9 Å². The molecule has 6 heteroatoms. The molecule has 0 atom stereocenters. The number of hydrogen-bond donors (Lipinski definition) is 3. The lowest BCUT2D eigenvalue weighted by Gasteiger charge is -2.37. The SMILES string of the molecule is CC(C)c1cc(C(=O)O)cc(NC2(CO)CCOCC2)n1. The molecule has 21 heavy (non-hydrogen) atoms. The summed E-state index contributed by atoms with van der Waals surface area (Å²) < 4.78 is 5.32. The number of aromatic nitrogens is 1. The molecule has 1 aliphatic rings. The van der Waals surface area contributed by atoms with Crippen LogP contribution in [0.5, 0.6) is 0 Å². The summed E-state index contributed by atoms with van der Waals surface area (Å²) in [7, 11) is 0. The molecule has 0 amide bonds. The Morgan fingerprint density at radius 2 is 2.10 bits per heavy atom. The molecule has 0 aliphatic carbocycles. The molecule has 0 radical (unpaired) electrons. The fourth-order valence-electron chi connectivity index (χ4n) is 2.39. The zero-order valence-corrected chi connectivity index (χ0v) is 12.4. The summed E-state index contributed by atoms with van der Waals surface area (Å²) in [6.45, 7) is 5.04. The van der Waals surface area contributed by atoms with E-state index in [1.807, 2.05) is 13.8 Å². The largest absolute Gasteiger partial charge is 0.478 e. The predicted octanol–water partition coefficient (Wildman–Crippen LogP) is 1.86. The van der Waals surface area contributed by atoms with Gasteiger partial charge < -0.3 is 20.3 Å². The first-order valence-electron chi connectivity index (χ1n) is 7.18. The van der Waals surface area contributed by atoms with Crippen molar-refractivity contribution in [2.24, 2.45) is 0 Å². The number of carbonyl (C=O) groups is 1. The van der Waals surface area contributed by atoms with Gasteiger partial charge in [-0.25, -0.2) is 9.78 Å². The van der Waals surface area contributed by atoms with Gasteiger partial charge >= 0.3 is 5.97 Å². The highest BCUT2D eigenvalue weighted by molar-refractivity contribution is 5.88. The van der Waals surface area contributed by atoms with Crippen LogP contribution < -0.4 is 5.32 Å². The first kappa shape index (κ1) is 15.7. The van der Waals surface area contributed by atoms with Gasteiger partial charge in [-0.2, -0.15) is 0 Å². The summed E-state index contributed by atoms with van der Waals surface area (Å²) in [5, 5.41) is 22.1. The quantitative estimate of drug-likeness (QED) is 0.767. The van der Waals surface area contributed by atoms with E-state index in [0.29, 0.717) is 31.9 Å². The van der Waals surface area contributed by atoms with Crippen LogP contribution in [-0.4, -0.2) is 46.5 Å². The minimum Gasteiger partial charge on any atom is -0.478 e. The van der Waals surface area contributed by atoms with Crippen molar-refractivity contribution in [1.29, 1.82) is 0 Å². The summed E-state index contributed by atoms with van der Waals surface area (Å²) in [5.41, 5.74) is 0.435. The number of anilines is 1. The normalized spacial score (nSPS) is 17.7. The van der Waals surface area contributed by atoms with Crippen molar-refractivity contribution in [3.8, 4) is 0 Å². The molecule has 0 aromatic carbocycles. The van der Waals surface area contributed by atoms with Crippen molar-refractivity contribution in [1.82, 2.24) is 4.98 Å². The average Bonchev–Trinajstić information content (AvgIpc) is 2.47. The minimum atomic E-state index is -0.979. The third-order valence-corrected chi connectivity index (χ3v) is 3.83. The monoisotopic (exact) mass is 294 g/mol. The molecule has 2 rings (SSSR count). The highest BCUT2D eigenvalue weighted by Crippen LogP contribution is 2.26. The lowest BCUT2D eigenvalue weighted by molar-refractivity contribution is 0.0378. The lowest BCUT2D eigenvalue weighted by Crippen LogP contribution is -2.47. The van der Waals surface area contributed by atoms with Gasteiger partial charge in [0.25, 0.3) is 0 Å². The van der Waals surface area contributed by atoms with E-state index in [1.165, 1.54) is 6.07 Å². The third kappa shape index (κ3) is 3.71. The second-order valence-electron chi connectivity index (χ2n) is 5.80. The molecule has 1 aliphatic heterocycles. The number of carboxylic acids is 1. The van der Waals surface area contributed by atoms with E-state index < -0.39 is 11.5 Å². The smallest absolute Gasteiger partial charge is 0.335 e. The highest BCUT2D eigenvalue weighted by Gasteiger charge is 2.32. The number of hydrogen-bond acceptors (Lipinski definition) is 5. The topological polar surface area (TPSA) is 91.7 Å². The van der Waals surface area contributed by atoms with Crippen LogP contribution in [0.3, 0.4) is 0 Å². The van der Waals surface area contributed by atoms with E-state index >= 15 is 0 Å². The van der Waals surface area contributed by atoms with Crippen molar-refractivity contribution in [2.45, 2.75) is 38.1 Å². The van der Waals surface area contributed by atoms with E-state index in [1.54, 1.807) is 6.07 Å². The fraction of sp³-hybridized carbons (Fsp3) is 0.600. The number of aliphatic hydroxyl groups excluding tert-OH is 1. The Balaban J connectivity index is 2.31. The van der Waals surface area contributed by atoms with Crippen molar-refractivity contribution >= 4 is 11.8 Å². The number of ether oxygens (including phenoxy) is 1. The van der Waals surface area contributed by atoms with Crippen molar-refractivity contribution < 1.29 is 19.7 Å². The number of carboxylic acid groups (broad SMARTS) is 1. The summed E-state index contributed by atoms with van der Waals surface area (Å²) in [6.07, 6.45) is 1.33. The van der Waals surface area contributed by atoms with Crippen LogP contribution in [0.1, 0.15) is 48.7 Å². The van der Waals surface area contributed by atoms with Crippen LogP contribution >= 0.6 is 0 Å². The van der Waals surface area contributed by atoms with Crippen LogP contribution in [0.4, 0.5) is 5.82 Å². The molecule has 1 saturated heterocycles. The Bertz CT molecular complexity index is 510. The minimum absolute atomic E-state index is 0.0354. The summed E-state index contributed by atoms with van der Waals surface area (Å²) in [6, 6.07) is 3.11. The molecule has 0 unspecified atom stereocenters. The van der Waals surface area contributed by atoms with Gasteiger partial charge in [-0.3, -0.25) is 0 Å². The van der Waals surface area contributed by atoms with Crippen LogP contribution in [0.15, 0.2) is 12.1 Å². The van der Waals surface area contributed by atoms with Crippen LogP contribution in [0.2, 0.25) is 0 Å². The molecular weight excluding hydrogens is 272 g/mol. The molecule has 3 N–H and O–H groups in total. The van der Waals surface area contributed by atoms with Crippen molar-refractivity contribution in [3.05, 3.63) is 23.4 Å². The Morgan fingerprint density at radius 3 is 2.62 bits per heavy atom. The van der Waals surface area contributed by atoms with Gasteiger partial charge in [0.1, 0.15) is 5.82 Å². The van der Waals surface area contributed by atoms with E-state index in [2.05, 4.69) is 10.3 Å². The average molecular weight is 294 g/mol. The Labute approximate surface area is 124 Å². The first-order valence-corrected chi connectivity index (χ1v) is 7.18. The van der Waals surface area contributed by atoms with E-state index in [0.717, 1.165) is 5.69 Å². The Kier molecular flexibility index (Phi) is 4.80. The first-order chi connectivity index (χ1) is 9.96. The summed E-state index contributed by atoms with van der Waals surface area (Å²) in [5.74, 6) is -0.355. The number of aliphatic hydroxyl groups is 1. The second kappa shape index (κ2) is 6.41. The van der Waals surface area contributed by atoms with Crippen LogP contribution in [0.25, 0.3) is 0 Å². The highest BCUT2D eigenvalue weighted by atomic mass is 16.5. The molecule has 0 bridgehead atoms. The van der Waals surface area contributed by atoms with E-state index in [9.17, 15) is 15.0 Å². The molecular formula is C15H22N2O4. The summed E-state index contributed by atoms with van der Waals surface area (Å²) >= 11 is 0. The lowest BCUT2D eigenvalue weighted by atomic mass is 9.91. The molecule has 6 nitrogen and oxygen atoms in total. The molecule has 1 aromatic rings. The Hall–Kier alpha value is -1.66. The molecule has 1 fully saturated rings. The zero-order chi connectivity index (χ0) is 15.5.